The summed E-state index contributed by atoms with van der Waals surface area (Å²) in [5, 5.41) is 12.7. The zero-order chi connectivity index (χ0) is 13.8. The quantitative estimate of drug-likeness (QED) is 0.549. The molecule has 0 aromatic heterocycles. The highest BCUT2D eigenvalue weighted by atomic mass is 16.3. The molecular formula is C14H33N3O. The summed E-state index contributed by atoms with van der Waals surface area (Å²) in [5.74, 6) is 0. The molecule has 0 amide bonds. The van der Waals surface area contributed by atoms with Crippen molar-refractivity contribution in [3.63, 3.8) is 0 Å². The van der Waals surface area contributed by atoms with Crippen molar-refractivity contribution in [3.8, 4) is 0 Å². The van der Waals surface area contributed by atoms with Crippen molar-refractivity contribution in [1.29, 1.82) is 0 Å². The number of rotatable bonds is 12. The van der Waals surface area contributed by atoms with E-state index in [1.807, 2.05) is 0 Å². The van der Waals surface area contributed by atoms with Crippen LogP contribution in [0.3, 0.4) is 0 Å². The summed E-state index contributed by atoms with van der Waals surface area (Å²) in [6, 6.07) is 0.253. The van der Waals surface area contributed by atoms with Gasteiger partial charge in [-0.1, -0.05) is 13.8 Å². The Hall–Kier alpha value is -0.160. The first kappa shape index (κ1) is 17.8. The smallest absolute Gasteiger partial charge is 0.0585 e. The van der Waals surface area contributed by atoms with Crippen LogP contribution in [0.4, 0.5) is 0 Å². The Bertz CT molecular complexity index is 176. The minimum atomic E-state index is 0.244. The van der Waals surface area contributed by atoms with E-state index in [4.69, 9.17) is 0 Å². The van der Waals surface area contributed by atoms with Crippen molar-refractivity contribution in [2.75, 3.05) is 53.4 Å². The van der Waals surface area contributed by atoms with Crippen molar-refractivity contribution in [2.24, 2.45) is 0 Å². The van der Waals surface area contributed by atoms with Crippen LogP contribution in [-0.2, 0) is 0 Å². The minimum absolute atomic E-state index is 0.244. The van der Waals surface area contributed by atoms with E-state index in [1.165, 1.54) is 6.42 Å². The lowest BCUT2D eigenvalue weighted by molar-refractivity contribution is 0.196. The molecule has 0 aliphatic carbocycles. The number of nitrogens with one attached hydrogen (secondary N) is 1. The van der Waals surface area contributed by atoms with Gasteiger partial charge in [0.2, 0.25) is 0 Å². The summed E-state index contributed by atoms with van der Waals surface area (Å²) < 4.78 is 0. The number of likely N-dealkylation sites (N-methyl/N-ethyl adjacent to an activating group) is 1. The van der Waals surface area contributed by atoms with Crippen molar-refractivity contribution < 1.29 is 5.11 Å². The van der Waals surface area contributed by atoms with E-state index in [-0.39, 0.29) is 12.6 Å². The van der Waals surface area contributed by atoms with Gasteiger partial charge in [-0.25, -0.2) is 0 Å². The number of aliphatic hydroxyl groups excluding tert-OH is 1. The normalized spacial score (nSPS) is 13.5. The Morgan fingerprint density at radius 1 is 1.00 bits per heavy atom. The van der Waals surface area contributed by atoms with Gasteiger partial charge >= 0.3 is 0 Å². The predicted octanol–water partition coefficient (Wildman–Crippen LogP) is 1.01. The fraction of sp³-hybridized carbons (Fsp3) is 1.00. The van der Waals surface area contributed by atoms with E-state index < -0.39 is 0 Å². The second-order valence-corrected chi connectivity index (χ2v) is 5.27. The Balaban J connectivity index is 3.90. The third-order valence-electron chi connectivity index (χ3n) is 3.10. The van der Waals surface area contributed by atoms with Crippen molar-refractivity contribution in [1.82, 2.24) is 15.1 Å². The van der Waals surface area contributed by atoms with Gasteiger partial charge in [0.15, 0.2) is 0 Å². The summed E-state index contributed by atoms with van der Waals surface area (Å²) in [7, 11) is 4.23. The zero-order valence-electron chi connectivity index (χ0n) is 12.8. The molecule has 2 N–H and O–H groups in total. The molecule has 4 nitrogen and oxygen atoms in total. The second kappa shape index (κ2) is 11.9. The molecule has 0 aromatic rings. The van der Waals surface area contributed by atoms with E-state index in [1.54, 1.807) is 0 Å². The highest BCUT2D eigenvalue weighted by Gasteiger charge is 2.10. The van der Waals surface area contributed by atoms with Crippen LogP contribution >= 0.6 is 0 Å². The van der Waals surface area contributed by atoms with E-state index in [0.29, 0.717) is 0 Å². The first-order valence-electron chi connectivity index (χ1n) is 7.35. The molecule has 0 fully saturated rings. The van der Waals surface area contributed by atoms with Crippen molar-refractivity contribution in [2.45, 2.75) is 39.2 Å². The standard InChI is InChI=1S/C14H33N3O/c1-5-8-15-14(13-18)7-10-17(9-6-2)12-11-16(3)4/h14-15,18H,5-13H2,1-4H3. The van der Waals surface area contributed by atoms with E-state index in [2.05, 4.69) is 43.1 Å². The minimum Gasteiger partial charge on any atom is -0.395 e. The number of nitrogens with zero attached hydrogens (tertiary/aromatic N) is 2. The summed E-state index contributed by atoms with van der Waals surface area (Å²) in [6.07, 6.45) is 3.35. The lowest BCUT2D eigenvalue weighted by atomic mass is 10.2. The largest absolute Gasteiger partial charge is 0.395 e. The summed E-state index contributed by atoms with van der Waals surface area (Å²) in [5.41, 5.74) is 0. The van der Waals surface area contributed by atoms with Crippen LogP contribution in [0.5, 0.6) is 0 Å². The molecular weight excluding hydrogens is 226 g/mol. The molecule has 0 aliphatic heterocycles. The van der Waals surface area contributed by atoms with Crippen LogP contribution in [0.25, 0.3) is 0 Å². The average molecular weight is 259 g/mol. The van der Waals surface area contributed by atoms with Gasteiger partial charge in [0.05, 0.1) is 6.61 Å². The molecule has 0 aromatic carbocycles. The van der Waals surface area contributed by atoms with Crippen LogP contribution in [0.2, 0.25) is 0 Å². The molecule has 0 heterocycles. The third kappa shape index (κ3) is 9.83. The maximum atomic E-state index is 9.32. The maximum absolute atomic E-state index is 9.32. The van der Waals surface area contributed by atoms with Gasteiger partial charge in [0, 0.05) is 19.1 Å². The monoisotopic (exact) mass is 259 g/mol. The molecule has 0 aliphatic rings. The molecule has 0 bridgehead atoms. The number of aliphatic hydroxyl groups is 1. The molecule has 0 saturated heterocycles. The maximum Gasteiger partial charge on any atom is 0.0585 e. The topological polar surface area (TPSA) is 38.7 Å². The molecule has 0 radical (unpaired) electrons. The fourth-order valence-corrected chi connectivity index (χ4v) is 1.94. The number of hydrogen-bond acceptors (Lipinski definition) is 4. The number of hydrogen-bond donors (Lipinski definition) is 2. The van der Waals surface area contributed by atoms with Gasteiger partial charge in [-0.2, -0.15) is 0 Å². The van der Waals surface area contributed by atoms with Crippen LogP contribution < -0.4 is 5.32 Å². The second-order valence-electron chi connectivity index (χ2n) is 5.27. The third-order valence-corrected chi connectivity index (χ3v) is 3.10. The van der Waals surface area contributed by atoms with Gasteiger partial charge in [-0.15, -0.1) is 0 Å². The molecule has 0 saturated carbocycles. The van der Waals surface area contributed by atoms with Gasteiger partial charge in [-0.05, 0) is 53.0 Å². The Morgan fingerprint density at radius 3 is 2.22 bits per heavy atom. The SMILES string of the molecule is CCCNC(CO)CCN(CCC)CCN(C)C. The van der Waals surface area contributed by atoms with Crippen molar-refractivity contribution in [3.05, 3.63) is 0 Å². The molecule has 1 atom stereocenters. The summed E-state index contributed by atoms with van der Waals surface area (Å²) >= 11 is 0. The Kier molecular flexibility index (Phi) is 11.8. The van der Waals surface area contributed by atoms with Crippen LogP contribution in [0.1, 0.15) is 33.1 Å². The zero-order valence-corrected chi connectivity index (χ0v) is 12.8. The van der Waals surface area contributed by atoms with E-state index >= 15 is 0 Å². The lowest BCUT2D eigenvalue weighted by Crippen LogP contribution is -2.39. The highest BCUT2D eigenvalue weighted by molar-refractivity contribution is 4.69. The van der Waals surface area contributed by atoms with Crippen LogP contribution in [-0.4, -0.2) is 74.4 Å². The Morgan fingerprint density at radius 2 is 1.72 bits per heavy atom. The van der Waals surface area contributed by atoms with Crippen molar-refractivity contribution >= 4 is 0 Å². The molecule has 0 spiro atoms. The molecule has 0 rings (SSSR count). The predicted molar refractivity (Wildman–Crippen MR) is 79.1 cm³/mol. The molecule has 4 heteroatoms. The molecule has 18 heavy (non-hydrogen) atoms. The van der Waals surface area contributed by atoms with Gasteiger partial charge in [0.25, 0.3) is 0 Å². The summed E-state index contributed by atoms with van der Waals surface area (Å²) in [6.45, 7) is 10.1. The van der Waals surface area contributed by atoms with Gasteiger partial charge in [0.1, 0.15) is 0 Å². The van der Waals surface area contributed by atoms with Gasteiger partial charge in [-0.3, -0.25) is 0 Å². The Labute approximate surface area is 113 Å². The fourth-order valence-electron chi connectivity index (χ4n) is 1.94. The van der Waals surface area contributed by atoms with E-state index in [9.17, 15) is 5.11 Å². The highest BCUT2D eigenvalue weighted by Crippen LogP contribution is 1.99. The van der Waals surface area contributed by atoms with E-state index in [0.717, 1.165) is 45.6 Å². The molecule has 110 valence electrons. The van der Waals surface area contributed by atoms with Crippen LogP contribution in [0.15, 0.2) is 0 Å². The summed E-state index contributed by atoms with van der Waals surface area (Å²) in [4.78, 5) is 4.72. The lowest BCUT2D eigenvalue weighted by Gasteiger charge is -2.25. The van der Waals surface area contributed by atoms with Crippen LogP contribution in [0, 0.1) is 0 Å². The first-order valence-corrected chi connectivity index (χ1v) is 7.35. The average Bonchev–Trinajstić information content (AvgIpc) is 2.35. The van der Waals surface area contributed by atoms with Gasteiger partial charge < -0.3 is 20.2 Å². The molecule has 1 unspecified atom stereocenters. The first-order chi connectivity index (χ1) is 8.63.